The van der Waals surface area contributed by atoms with Gasteiger partial charge in [0.1, 0.15) is 5.69 Å². The van der Waals surface area contributed by atoms with Crippen LogP contribution in [0.1, 0.15) is 74.0 Å². The topological polar surface area (TPSA) is 149 Å². The molecule has 1 aliphatic rings. The average Bonchev–Trinajstić information content (AvgIpc) is 3.70. The first-order valence-electron chi connectivity index (χ1n) is 19.7. The minimum atomic E-state index is -0.650. The number of benzene rings is 5. The fourth-order valence-electron chi connectivity index (χ4n) is 6.82. The molecule has 2 heterocycles. The molecule has 1 aliphatic heterocycles. The van der Waals surface area contributed by atoms with E-state index in [9.17, 15) is 14.7 Å². The molecule has 1 aromatic heterocycles. The Bertz CT molecular complexity index is 2180. The molecular formula is C47H48N4O6S. The predicted molar refractivity (Wildman–Crippen MR) is 229 cm³/mol. The van der Waals surface area contributed by atoms with Gasteiger partial charge in [0.05, 0.1) is 30.2 Å². The molecule has 5 N–H and O–H groups in total. The van der Waals surface area contributed by atoms with Gasteiger partial charge < -0.3 is 35.4 Å². The fraction of sp³-hybridized carbons (Fsp3) is 0.255. The van der Waals surface area contributed by atoms with Crippen molar-refractivity contribution < 1.29 is 28.6 Å². The number of amides is 2. The number of rotatable bonds is 17. The van der Waals surface area contributed by atoms with Gasteiger partial charge in [-0.05, 0) is 48.2 Å². The van der Waals surface area contributed by atoms with Crippen molar-refractivity contribution in [3.8, 4) is 22.6 Å². The van der Waals surface area contributed by atoms with Crippen LogP contribution in [0.3, 0.4) is 0 Å². The van der Waals surface area contributed by atoms with Gasteiger partial charge in [0.25, 0.3) is 5.22 Å². The molecule has 58 heavy (non-hydrogen) atoms. The smallest absolute Gasteiger partial charge is 0.256 e. The number of aromatic nitrogens is 1. The summed E-state index contributed by atoms with van der Waals surface area (Å²) in [5.41, 5.74) is 13.2. The van der Waals surface area contributed by atoms with Crippen LogP contribution in [0, 0.1) is 0 Å². The second-order valence-corrected chi connectivity index (χ2v) is 15.2. The van der Waals surface area contributed by atoms with E-state index < -0.39 is 6.29 Å². The maximum atomic E-state index is 12.8. The van der Waals surface area contributed by atoms with Crippen molar-refractivity contribution >= 4 is 40.6 Å². The number of para-hydroxylation sites is 2. The van der Waals surface area contributed by atoms with Gasteiger partial charge in [-0.3, -0.25) is 9.59 Å². The summed E-state index contributed by atoms with van der Waals surface area (Å²) in [6, 6.07) is 42.6. The van der Waals surface area contributed by atoms with Crippen LogP contribution < -0.4 is 16.4 Å². The quantitative estimate of drug-likeness (QED) is 0.0402. The molecule has 6 aromatic rings. The zero-order chi connectivity index (χ0) is 40.1. The van der Waals surface area contributed by atoms with Crippen LogP contribution in [0.2, 0.25) is 0 Å². The summed E-state index contributed by atoms with van der Waals surface area (Å²) in [7, 11) is 0. The first-order chi connectivity index (χ1) is 28.4. The third-order valence-corrected chi connectivity index (χ3v) is 10.9. The highest BCUT2D eigenvalue weighted by Crippen LogP contribution is 2.41. The van der Waals surface area contributed by atoms with Crippen molar-refractivity contribution in [3.05, 3.63) is 150 Å². The number of hydrogen-bond acceptors (Lipinski definition) is 9. The van der Waals surface area contributed by atoms with Crippen LogP contribution in [-0.4, -0.2) is 33.8 Å². The third kappa shape index (κ3) is 11.0. The number of ether oxygens (including phenoxy) is 2. The normalized spacial score (nSPS) is 16.5. The van der Waals surface area contributed by atoms with Gasteiger partial charge in [-0.1, -0.05) is 134 Å². The second-order valence-electron chi connectivity index (χ2n) is 14.3. The Kier molecular flexibility index (Phi) is 14.0. The van der Waals surface area contributed by atoms with Gasteiger partial charge in [-0.15, -0.1) is 0 Å². The highest BCUT2D eigenvalue weighted by molar-refractivity contribution is 7.99. The Balaban J connectivity index is 0.944. The number of carbonyl (C=O) groups is 2. The van der Waals surface area contributed by atoms with Crippen molar-refractivity contribution in [2.45, 2.75) is 75.3 Å². The summed E-state index contributed by atoms with van der Waals surface area (Å²) in [6.45, 7) is -0.0298. The minimum Gasteiger partial charge on any atom is -0.431 e. The number of carbonyl (C=O) groups excluding carboxylic acids is 2. The molecule has 10 nitrogen and oxygen atoms in total. The van der Waals surface area contributed by atoms with Crippen LogP contribution in [0.4, 0.5) is 17.1 Å². The highest BCUT2D eigenvalue weighted by atomic mass is 32.2. The largest absolute Gasteiger partial charge is 0.431 e. The Labute approximate surface area is 343 Å². The van der Waals surface area contributed by atoms with Crippen LogP contribution in [-0.2, 0) is 25.7 Å². The Morgan fingerprint density at radius 3 is 2.00 bits per heavy atom. The van der Waals surface area contributed by atoms with Crippen molar-refractivity contribution in [2.24, 2.45) is 0 Å². The number of oxazole rings is 1. The number of hydrogen-bond donors (Lipinski definition) is 4. The third-order valence-electron chi connectivity index (χ3n) is 9.96. The van der Waals surface area contributed by atoms with E-state index in [-0.39, 0.29) is 30.6 Å². The molecule has 0 saturated carbocycles. The summed E-state index contributed by atoms with van der Waals surface area (Å²) >= 11 is 1.51. The molecule has 1 fully saturated rings. The molecule has 7 rings (SSSR count). The van der Waals surface area contributed by atoms with E-state index >= 15 is 0 Å². The molecule has 0 radical (unpaired) electrons. The Hall–Kier alpha value is -5.72. The van der Waals surface area contributed by atoms with Crippen LogP contribution >= 0.6 is 11.8 Å². The van der Waals surface area contributed by atoms with Gasteiger partial charge >= 0.3 is 0 Å². The van der Waals surface area contributed by atoms with Gasteiger partial charge in [0, 0.05) is 47.4 Å². The lowest BCUT2D eigenvalue weighted by atomic mass is 10.0. The molecule has 3 atom stereocenters. The predicted octanol–water partition coefficient (Wildman–Crippen LogP) is 10.3. The molecule has 0 unspecified atom stereocenters. The summed E-state index contributed by atoms with van der Waals surface area (Å²) in [5.74, 6) is 1.18. The number of nitrogens with zero attached hydrogens (tertiary/aromatic N) is 1. The van der Waals surface area contributed by atoms with E-state index in [1.165, 1.54) is 11.8 Å². The van der Waals surface area contributed by atoms with Crippen LogP contribution in [0.5, 0.6) is 0 Å². The minimum absolute atomic E-state index is 0.0298. The first-order valence-corrected chi connectivity index (χ1v) is 20.7. The average molecular weight is 797 g/mol. The van der Waals surface area contributed by atoms with E-state index in [1.807, 2.05) is 121 Å². The number of thioether (sulfide) groups is 1. The van der Waals surface area contributed by atoms with E-state index in [0.717, 1.165) is 65.0 Å². The number of aliphatic hydroxyl groups excluding tert-OH is 1. The molecule has 298 valence electrons. The molecule has 11 heteroatoms. The van der Waals surface area contributed by atoms with Gasteiger partial charge in [0.15, 0.2) is 12.1 Å². The van der Waals surface area contributed by atoms with E-state index in [4.69, 9.17) is 24.6 Å². The molecule has 0 spiro atoms. The van der Waals surface area contributed by atoms with Crippen molar-refractivity contribution in [2.75, 3.05) is 22.1 Å². The lowest BCUT2D eigenvalue weighted by Gasteiger charge is -2.36. The number of unbranched alkanes of at least 4 members (excludes halogenated alkanes) is 3. The molecule has 2 amide bonds. The van der Waals surface area contributed by atoms with Crippen molar-refractivity contribution in [1.29, 1.82) is 0 Å². The summed E-state index contributed by atoms with van der Waals surface area (Å²) in [4.78, 5) is 30.0. The van der Waals surface area contributed by atoms with Crippen molar-refractivity contribution in [1.82, 2.24) is 4.98 Å². The highest BCUT2D eigenvalue weighted by Gasteiger charge is 2.33. The molecule has 0 bridgehead atoms. The van der Waals surface area contributed by atoms with Crippen LogP contribution in [0.25, 0.3) is 22.6 Å². The number of aliphatic hydroxyl groups is 1. The molecular weight excluding hydrogens is 749 g/mol. The van der Waals surface area contributed by atoms with Gasteiger partial charge in [0.2, 0.25) is 11.8 Å². The lowest BCUT2D eigenvalue weighted by Crippen LogP contribution is -2.31. The monoisotopic (exact) mass is 796 g/mol. The lowest BCUT2D eigenvalue weighted by molar-refractivity contribution is -0.245. The SMILES string of the molecule is Nc1ccccc1NC(=O)CCCCCCC(=O)Nc1ccc([C@H]2O[C@@H](CSc3nc(-c4ccccc4)c(-c4ccccc4)o3)C[C@@H](c3ccc(CO)cc3)O2)cc1. The fourth-order valence-corrected chi connectivity index (χ4v) is 7.66. The second kappa shape index (κ2) is 20.1. The summed E-state index contributed by atoms with van der Waals surface area (Å²) < 4.78 is 19.5. The van der Waals surface area contributed by atoms with E-state index in [0.29, 0.717) is 47.3 Å². The Morgan fingerprint density at radius 2 is 1.33 bits per heavy atom. The first kappa shape index (κ1) is 40.5. The van der Waals surface area contributed by atoms with Crippen LogP contribution in [0.15, 0.2) is 143 Å². The maximum absolute atomic E-state index is 12.8. The summed E-state index contributed by atoms with van der Waals surface area (Å²) in [6.07, 6.45) is 3.49. The number of nitrogens with one attached hydrogen (secondary N) is 2. The standard InChI is InChI=1S/C47H48N4O6S/c48-39-17-11-12-18-40(39)50-43(54)20-10-2-1-9-19-42(53)49-37-27-25-36(26-28-37)46-55-38(29-41(56-46)33-23-21-32(30-52)22-24-33)31-58-47-51-44(34-13-5-3-6-14-34)45(57-47)35-15-7-4-8-16-35/h3-8,11-18,21-28,38,41,46,52H,1-2,9-10,19-20,29-31,48H2,(H,49,53)(H,50,54)/t38-,41+,46+/m1/s1. The number of nitrogen functional groups attached to an aromatic ring is 1. The van der Waals surface area contributed by atoms with Crippen molar-refractivity contribution in [3.63, 3.8) is 0 Å². The molecule has 5 aromatic carbocycles. The van der Waals surface area contributed by atoms with E-state index in [1.54, 1.807) is 12.1 Å². The van der Waals surface area contributed by atoms with Gasteiger partial charge in [-0.25, -0.2) is 4.98 Å². The number of nitrogens with two attached hydrogens (primary N) is 1. The zero-order valence-corrected chi connectivity index (χ0v) is 33.0. The summed E-state index contributed by atoms with van der Waals surface area (Å²) in [5, 5.41) is 16.0. The van der Waals surface area contributed by atoms with Gasteiger partial charge in [-0.2, -0.15) is 0 Å². The molecule has 0 aliphatic carbocycles. The Morgan fingerprint density at radius 1 is 0.707 bits per heavy atom. The van der Waals surface area contributed by atoms with E-state index in [2.05, 4.69) is 10.6 Å². The maximum Gasteiger partial charge on any atom is 0.256 e. The molecule has 1 saturated heterocycles. The number of anilines is 3. The zero-order valence-electron chi connectivity index (χ0n) is 32.2.